The number of carbonyl (C=O) groups is 1. The summed E-state index contributed by atoms with van der Waals surface area (Å²) in [4.78, 5) is 12.1. The van der Waals surface area contributed by atoms with Crippen molar-refractivity contribution in [2.45, 2.75) is 32.3 Å². The number of fused-ring (bicyclic) bond motifs is 1. The number of hydrogen-bond acceptors (Lipinski definition) is 3. The molecule has 0 saturated heterocycles. The molecule has 0 aromatic heterocycles. The third-order valence-corrected chi connectivity index (χ3v) is 4.89. The number of halogens is 2. The summed E-state index contributed by atoms with van der Waals surface area (Å²) in [7, 11) is 0. The Hall–Kier alpha value is -2.69. The van der Waals surface area contributed by atoms with Crippen LogP contribution in [0.5, 0.6) is 11.5 Å². The molecule has 2 aliphatic carbocycles. The van der Waals surface area contributed by atoms with E-state index < -0.39 is 6.61 Å². The predicted molar refractivity (Wildman–Crippen MR) is 99.3 cm³/mol. The van der Waals surface area contributed by atoms with E-state index in [1.165, 1.54) is 6.07 Å². The van der Waals surface area contributed by atoms with E-state index in [1.807, 2.05) is 30.4 Å². The van der Waals surface area contributed by atoms with Gasteiger partial charge >= 0.3 is 6.61 Å². The van der Waals surface area contributed by atoms with Crippen molar-refractivity contribution in [2.75, 3.05) is 6.61 Å². The van der Waals surface area contributed by atoms with Crippen LogP contribution in [0.2, 0.25) is 0 Å². The molecule has 3 nitrogen and oxygen atoms in total. The van der Waals surface area contributed by atoms with Crippen molar-refractivity contribution in [2.24, 2.45) is 5.92 Å². The van der Waals surface area contributed by atoms with Crippen molar-refractivity contribution in [1.29, 1.82) is 0 Å². The van der Waals surface area contributed by atoms with Crippen LogP contribution in [0.25, 0.3) is 12.2 Å². The van der Waals surface area contributed by atoms with Crippen molar-refractivity contribution in [3.8, 4) is 11.5 Å². The summed E-state index contributed by atoms with van der Waals surface area (Å²) in [6, 6.07) is 10.7. The Morgan fingerprint density at radius 3 is 2.70 bits per heavy atom. The Bertz CT molecular complexity index is 885. The average Bonchev–Trinajstić information content (AvgIpc) is 3.41. The summed E-state index contributed by atoms with van der Waals surface area (Å²) in [5, 5.41) is 0. The molecule has 0 N–H and O–H groups in total. The molecule has 0 heterocycles. The van der Waals surface area contributed by atoms with E-state index in [9.17, 15) is 13.6 Å². The SMILES string of the molecule is O=C1CCc2cccc(/C=C/c3ccc(OC(F)F)c(OCC4CC4)c3)c21. The van der Waals surface area contributed by atoms with Gasteiger partial charge in [-0.05, 0) is 54.0 Å². The quantitative estimate of drug-likeness (QED) is 0.614. The number of aryl methyl sites for hydroxylation is 1. The van der Waals surface area contributed by atoms with E-state index in [-0.39, 0.29) is 11.5 Å². The van der Waals surface area contributed by atoms with E-state index in [0.29, 0.717) is 24.7 Å². The van der Waals surface area contributed by atoms with E-state index >= 15 is 0 Å². The minimum absolute atomic E-state index is 0.0404. The highest BCUT2D eigenvalue weighted by molar-refractivity contribution is 6.04. The first-order chi connectivity index (χ1) is 13.1. The number of Topliss-reactive ketones (excluding diaryl/α,β-unsaturated/α-hetero) is 1. The summed E-state index contributed by atoms with van der Waals surface area (Å²) in [6.07, 6.45) is 7.30. The normalized spacial score (nSPS) is 16.2. The number of alkyl halides is 2. The van der Waals surface area contributed by atoms with Gasteiger partial charge in [0.05, 0.1) is 6.61 Å². The fourth-order valence-corrected chi connectivity index (χ4v) is 3.29. The predicted octanol–water partition coefficient (Wildman–Crippen LogP) is 5.38. The zero-order chi connectivity index (χ0) is 18.8. The first kappa shape index (κ1) is 17.7. The minimum Gasteiger partial charge on any atom is -0.489 e. The molecule has 4 rings (SSSR count). The molecular formula is C22H20F2O3. The highest BCUT2D eigenvalue weighted by Gasteiger charge is 2.23. The number of rotatable bonds is 7. The number of ether oxygens (including phenoxy) is 2. The largest absolute Gasteiger partial charge is 0.489 e. The summed E-state index contributed by atoms with van der Waals surface area (Å²) in [6.45, 7) is -2.39. The lowest BCUT2D eigenvalue weighted by Gasteiger charge is -2.12. The third-order valence-electron chi connectivity index (χ3n) is 4.89. The van der Waals surface area contributed by atoms with Gasteiger partial charge in [-0.3, -0.25) is 4.79 Å². The van der Waals surface area contributed by atoms with Crippen LogP contribution in [0.4, 0.5) is 8.78 Å². The van der Waals surface area contributed by atoms with Gasteiger partial charge in [0.25, 0.3) is 0 Å². The summed E-state index contributed by atoms with van der Waals surface area (Å²) in [5.41, 5.74) is 3.54. The molecule has 2 aliphatic rings. The van der Waals surface area contributed by atoms with Gasteiger partial charge in [-0.25, -0.2) is 0 Å². The molecule has 0 unspecified atom stereocenters. The Kier molecular flexibility index (Phi) is 4.92. The molecule has 0 aliphatic heterocycles. The Balaban J connectivity index is 1.58. The van der Waals surface area contributed by atoms with Gasteiger partial charge in [0, 0.05) is 12.0 Å². The molecule has 140 valence electrons. The summed E-state index contributed by atoms with van der Waals surface area (Å²) >= 11 is 0. The van der Waals surface area contributed by atoms with E-state index in [2.05, 4.69) is 4.74 Å². The van der Waals surface area contributed by atoms with Gasteiger partial charge in [-0.1, -0.05) is 36.4 Å². The van der Waals surface area contributed by atoms with Crippen molar-refractivity contribution in [3.63, 3.8) is 0 Å². The van der Waals surface area contributed by atoms with Gasteiger partial charge in [0.2, 0.25) is 0 Å². The zero-order valence-electron chi connectivity index (χ0n) is 14.8. The van der Waals surface area contributed by atoms with Crippen molar-refractivity contribution < 1.29 is 23.0 Å². The lowest BCUT2D eigenvalue weighted by molar-refractivity contribution is -0.0515. The maximum atomic E-state index is 12.6. The highest BCUT2D eigenvalue weighted by Crippen LogP contribution is 2.35. The second kappa shape index (κ2) is 7.51. The monoisotopic (exact) mass is 370 g/mol. The van der Waals surface area contributed by atoms with Crippen molar-refractivity contribution >= 4 is 17.9 Å². The van der Waals surface area contributed by atoms with Crippen molar-refractivity contribution in [3.05, 3.63) is 58.7 Å². The fourth-order valence-electron chi connectivity index (χ4n) is 3.29. The molecule has 1 fully saturated rings. The standard InChI is InChI=1S/C22H20F2O3/c23-22(24)27-19-11-7-14(12-20(19)26-13-15-4-5-15)6-8-16-2-1-3-17-9-10-18(25)21(16)17/h1-3,6-8,11-12,15,22H,4-5,9-10,13H2/b8-6+. The first-order valence-corrected chi connectivity index (χ1v) is 9.15. The van der Waals surface area contributed by atoms with Gasteiger partial charge in [0.1, 0.15) is 0 Å². The van der Waals surface area contributed by atoms with Crippen molar-refractivity contribution in [1.82, 2.24) is 0 Å². The van der Waals surface area contributed by atoms with Crippen LogP contribution in [0.1, 0.15) is 46.3 Å². The molecule has 0 amide bonds. The third kappa shape index (κ3) is 4.18. The number of ketones is 1. The van der Waals surface area contributed by atoms with Crippen LogP contribution < -0.4 is 9.47 Å². The molecule has 0 spiro atoms. The van der Waals surface area contributed by atoms with Gasteiger partial charge in [0.15, 0.2) is 17.3 Å². The molecule has 5 heteroatoms. The Morgan fingerprint density at radius 1 is 1.07 bits per heavy atom. The topological polar surface area (TPSA) is 35.5 Å². The van der Waals surface area contributed by atoms with Gasteiger partial charge in [-0.2, -0.15) is 8.78 Å². The van der Waals surface area contributed by atoms with Crippen LogP contribution in [0, 0.1) is 5.92 Å². The van der Waals surface area contributed by atoms with E-state index in [4.69, 9.17) is 4.74 Å². The Labute approximate surface area is 156 Å². The maximum Gasteiger partial charge on any atom is 0.387 e. The number of benzene rings is 2. The summed E-state index contributed by atoms with van der Waals surface area (Å²) < 4.78 is 35.5. The number of hydrogen-bond donors (Lipinski definition) is 0. The number of carbonyl (C=O) groups excluding carboxylic acids is 1. The smallest absolute Gasteiger partial charge is 0.387 e. The molecule has 27 heavy (non-hydrogen) atoms. The van der Waals surface area contributed by atoms with Gasteiger partial charge in [-0.15, -0.1) is 0 Å². The fraction of sp³-hybridized carbons (Fsp3) is 0.318. The van der Waals surface area contributed by atoms with Crippen LogP contribution in [-0.2, 0) is 6.42 Å². The molecule has 1 saturated carbocycles. The van der Waals surface area contributed by atoms with Crippen LogP contribution >= 0.6 is 0 Å². The Morgan fingerprint density at radius 2 is 1.93 bits per heavy atom. The second-order valence-electron chi connectivity index (χ2n) is 6.98. The molecular weight excluding hydrogens is 350 g/mol. The van der Waals surface area contributed by atoms with Gasteiger partial charge < -0.3 is 9.47 Å². The molecule has 0 bridgehead atoms. The maximum absolute atomic E-state index is 12.6. The van der Waals surface area contributed by atoms with E-state index in [0.717, 1.165) is 41.5 Å². The minimum atomic E-state index is -2.90. The average molecular weight is 370 g/mol. The molecule has 0 atom stereocenters. The van der Waals surface area contributed by atoms with Crippen LogP contribution in [0.15, 0.2) is 36.4 Å². The lowest BCUT2D eigenvalue weighted by atomic mass is 10.0. The molecule has 2 aromatic rings. The van der Waals surface area contributed by atoms with Crippen LogP contribution in [0.3, 0.4) is 0 Å². The zero-order valence-corrected chi connectivity index (χ0v) is 14.8. The van der Waals surface area contributed by atoms with Crippen LogP contribution in [-0.4, -0.2) is 19.0 Å². The first-order valence-electron chi connectivity index (χ1n) is 9.15. The van der Waals surface area contributed by atoms with E-state index in [1.54, 1.807) is 12.1 Å². The molecule has 0 radical (unpaired) electrons. The lowest BCUT2D eigenvalue weighted by Crippen LogP contribution is -2.06. The molecule has 2 aromatic carbocycles. The highest BCUT2D eigenvalue weighted by atomic mass is 19.3. The second-order valence-corrected chi connectivity index (χ2v) is 6.98. The summed E-state index contributed by atoms with van der Waals surface area (Å²) in [5.74, 6) is 1.03.